The standard InChI is InChI=1S/C22H35N3O2/c1-17-8-7-13-25(15-17)16-19-10-6-5-9-18(19)14-24-20(26)11-12-23-21(27)22(2,3)4/h5-6,9-10,17H,7-8,11-16H2,1-4H3,(H,23,27)(H,24,26). The van der Waals surface area contributed by atoms with E-state index in [4.69, 9.17) is 0 Å². The van der Waals surface area contributed by atoms with Crippen molar-refractivity contribution in [2.75, 3.05) is 19.6 Å². The van der Waals surface area contributed by atoms with Crippen LogP contribution in [0.25, 0.3) is 0 Å². The zero-order chi connectivity index (χ0) is 19.9. The van der Waals surface area contributed by atoms with E-state index in [-0.39, 0.29) is 11.8 Å². The van der Waals surface area contributed by atoms with Crippen LogP contribution in [0.2, 0.25) is 0 Å². The average molecular weight is 374 g/mol. The summed E-state index contributed by atoms with van der Waals surface area (Å²) in [5.41, 5.74) is 2.03. The van der Waals surface area contributed by atoms with Gasteiger partial charge in [0.15, 0.2) is 0 Å². The van der Waals surface area contributed by atoms with Crippen LogP contribution in [0.4, 0.5) is 0 Å². The molecule has 27 heavy (non-hydrogen) atoms. The molecule has 5 nitrogen and oxygen atoms in total. The molecule has 150 valence electrons. The molecule has 2 rings (SSSR count). The van der Waals surface area contributed by atoms with Crippen molar-refractivity contribution in [3.63, 3.8) is 0 Å². The van der Waals surface area contributed by atoms with Gasteiger partial charge in [-0.2, -0.15) is 0 Å². The number of nitrogens with zero attached hydrogens (tertiary/aromatic N) is 1. The van der Waals surface area contributed by atoms with Crippen LogP contribution in [0.5, 0.6) is 0 Å². The minimum atomic E-state index is -0.429. The lowest BCUT2D eigenvalue weighted by molar-refractivity contribution is -0.128. The fourth-order valence-electron chi connectivity index (χ4n) is 3.39. The lowest BCUT2D eigenvalue weighted by Crippen LogP contribution is -2.37. The van der Waals surface area contributed by atoms with E-state index in [2.05, 4.69) is 40.7 Å². The van der Waals surface area contributed by atoms with Gasteiger partial charge in [-0.05, 0) is 36.4 Å². The third kappa shape index (κ3) is 7.33. The SMILES string of the molecule is CC1CCCN(Cc2ccccc2CNC(=O)CCNC(=O)C(C)(C)C)C1. The minimum absolute atomic E-state index is 0.0311. The van der Waals surface area contributed by atoms with E-state index >= 15 is 0 Å². The molecule has 5 heteroatoms. The summed E-state index contributed by atoms with van der Waals surface area (Å²) in [6.07, 6.45) is 2.88. The highest BCUT2D eigenvalue weighted by Gasteiger charge is 2.21. The Hall–Kier alpha value is -1.88. The van der Waals surface area contributed by atoms with Gasteiger partial charge in [-0.15, -0.1) is 0 Å². The summed E-state index contributed by atoms with van der Waals surface area (Å²) in [6.45, 7) is 12.1. The third-order valence-corrected chi connectivity index (χ3v) is 5.05. The van der Waals surface area contributed by atoms with Gasteiger partial charge in [-0.3, -0.25) is 14.5 Å². The lowest BCUT2D eigenvalue weighted by atomic mass is 9.96. The molecule has 0 spiro atoms. The van der Waals surface area contributed by atoms with E-state index in [9.17, 15) is 9.59 Å². The van der Waals surface area contributed by atoms with Crippen LogP contribution in [-0.2, 0) is 22.7 Å². The maximum atomic E-state index is 12.1. The number of hydrogen-bond acceptors (Lipinski definition) is 3. The number of piperidine rings is 1. The summed E-state index contributed by atoms with van der Waals surface area (Å²) in [6, 6.07) is 8.33. The Morgan fingerprint density at radius 2 is 1.85 bits per heavy atom. The molecular weight excluding hydrogens is 338 g/mol. The van der Waals surface area contributed by atoms with Gasteiger partial charge in [0.25, 0.3) is 0 Å². The van der Waals surface area contributed by atoms with Gasteiger partial charge in [0.2, 0.25) is 11.8 Å². The number of carbonyl (C=O) groups is 2. The van der Waals surface area contributed by atoms with Gasteiger partial charge in [0, 0.05) is 38.0 Å². The summed E-state index contributed by atoms with van der Waals surface area (Å²) in [5, 5.41) is 5.80. The maximum absolute atomic E-state index is 12.1. The largest absolute Gasteiger partial charge is 0.355 e. The summed E-state index contributed by atoms with van der Waals surface area (Å²) in [5.74, 6) is 0.691. The van der Waals surface area contributed by atoms with Crippen LogP contribution in [0.3, 0.4) is 0 Å². The molecule has 1 heterocycles. The molecule has 1 fully saturated rings. The first-order valence-electron chi connectivity index (χ1n) is 10.1. The highest BCUT2D eigenvalue weighted by molar-refractivity contribution is 5.82. The number of carbonyl (C=O) groups excluding carboxylic acids is 2. The molecule has 1 aliphatic heterocycles. The Bertz CT molecular complexity index is 637. The minimum Gasteiger partial charge on any atom is -0.355 e. The smallest absolute Gasteiger partial charge is 0.225 e. The van der Waals surface area contributed by atoms with Gasteiger partial charge < -0.3 is 10.6 Å². The van der Waals surface area contributed by atoms with Crippen LogP contribution in [0, 0.1) is 11.3 Å². The first-order valence-corrected chi connectivity index (χ1v) is 10.1. The predicted molar refractivity (Wildman–Crippen MR) is 109 cm³/mol. The summed E-state index contributed by atoms with van der Waals surface area (Å²) in [4.78, 5) is 26.5. The number of benzene rings is 1. The molecule has 2 N–H and O–H groups in total. The number of hydrogen-bond donors (Lipinski definition) is 2. The molecular formula is C22H35N3O2. The van der Waals surface area contributed by atoms with Crippen LogP contribution < -0.4 is 10.6 Å². The fraction of sp³-hybridized carbons (Fsp3) is 0.636. The number of amides is 2. The molecule has 1 saturated heterocycles. The molecule has 2 amide bonds. The van der Waals surface area contributed by atoms with Crippen molar-refractivity contribution in [2.24, 2.45) is 11.3 Å². The van der Waals surface area contributed by atoms with Crippen molar-refractivity contribution in [3.05, 3.63) is 35.4 Å². The maximum Gasteiger partial charge on any atom is 0.225 e. The van der Waals surface area contributed by atoms with E-state index in [1.165, 1.54) is 24.0 Å². The Labute approximate surface area is 163 Å². The summed E-state index contributed by atoms with van der Waals surface area (Å²) >= 11 is 0. The first kappa shape index (κ1) is 21.4. The molecule has 0 aliphatic carbocycles. The molecule has 0 aromatic heterocycles. The molecule has 0 bridgehead atoms. The number of nitrogens with one attached hydrogen (secondary N) is 2. The Kier molecular flexibility index (Phi) is 7.84. The third-order valence-electron chi connectivity index (χ3n) is 5.05. The second-order valence-electron chi connectivity index (χ2n) is 8.78. The zero-order valence-electron chi connectivity index (χ0n) is 17.3. The molecule has 0 radical (unpaired) electrons. The van der Waals surface area contributed by atoms with Gasteiger partial charge in [0.1, 0.15) is 0 Å². The second kappa shape index (κ2) is 9.88. The predicted octanol–water partition coefficient (Wildman–Crippen LogP) is 3.09. The van der Waals surface area contributed by atoms with Gasteiger partial charge >= 0.3 is 0 Å². The van der Waals surface area contributed by atoms with E-state index in [0.29, 0.717) is 19.5 Å². The van der Waals surface area contributed by atoms with E-state index < -0.39 is 5.41 Å². The topological polar surface area (TPSA) is 61.4 Å². The van der Waals surface area contributed by atoms with Crippen molar-refractivity contribution in [1.82, 2.24) is 15.5 Å². The van der Waals surface area contributed by atoms with Gasteiger partial charge in [0.05, 0.1) is 0 Å². The second-order valence-corrected chi connectivity index (χ2v) is 8.78. The molecule has 1 aromatic rings. The van der Waals surface area contributed by atoms with Crippen molar-refractivity contribution in [3.8, 4) is 0 Å². The molecule has 0 saturated carbocycles. The van der Waals surface area contributed by atoms with Crippen LogP contribution >= 0.6 is 0 Å². The molecule has 1 atom stereocenters. The summed E-state index contributed by atoms with van der Waals surface area (Å²) in [7, 11) is 0. The van der Waals surface area contributed by atoms with Gasteiger partial charge in [-0.25, -0.2) is 0 Å². The van der Waals surface area contributed by atoms with Crippen LogP contribution in [0.1, 0.15) is 58.1 Å². The number of rotatable bonds is 7. The molecule has 1 unspecified atom stereocenters. The Morgan fingerprint density at radius 1 is 1.15 bits per heavy atom. The fourth-order valence-corrected chi connectivity index (χ4v) is 3.39. The quantitative estimate of drug-likeness (QED) is 0.772. The zero-order valence-corrected chi connectivity index (χ0v) is 17.3. The normalized spacial score (nSPS) is 18.1. The monoisotopic (exact) mass is 373 g/mol. The van der Waals surface area contributed by atoms with Crippen LogP contribution in [-0.4, -0.2) is 36.3 Å². The van der Waals surface area contributed by atoms with E-state index in [1.807, 2.05) is 26.8 Å². The van der Waals surface area contributed by atoms with Crippen molar-refractivity contribution in [1.29, 1.82) is 0 Å². The van der Waals surface area contributed by atoms with Crippen molar-refractivity contribution >= 4 is 11.8 Å². The number of likely N-dealkylation sites (tertiary alicyclic amines) is 1. The Balaban J connectivity index is 1.80. The highest BCUT2D eigenvalue weighted by atomic mass is 16.2. The first-order chi connectivity index (χ1) is 12.8. The van der Waals surface area contributed by atoms with E-state index in [1.54, 1.807) is 0 Å². The highest BCUT2D eigenvalue weighted by Crippen LogP contribution is 2.19. The van der Waals surface area contributed by atoms with Gasteiger partial charge in [-0.1, -0.05) is 52.0 Å². The molecule has 1 aliphatic rings. The summed E-state index contributed by atoms with van der Waals surface area (Å²) < 4.78 is 0. The Morgan fingerprint density at radius 3 is 2.52 bits per heavy atom. The lowest BCUT2D eigenvalue weighted by Gasteiger charge is -2.31. The van der Waals surface area contributed by atoms with Crippen molar-refractivity contribution < 1.29 is 9.59 Å². The molecule has 1 aromatic carbocycles. The van der Waals surface area contributed by atoms with Crippen LogP contribution in [0.15, 0.2) is 24.3 Å². The van der Waals surface area contributed by atoms with Crippen molar-refractivity contribution in [2.45, 2.75) is 60.0 Å². The van der Waals surface area contributed by atoms with E-state index in [0.717, 1.165) is 25.6 Å². The average Bonchev–Trinajstić information content (AvgIpc) is 2.60.